The van der Waals surface area contributed by atoms with Gasteiger partial charge in [-0.25, -0.2) is 19.4 Å². The molecule has 0 atom stereocenters. The zero-order valence-electron chi connectivity index (χ0n) is 18.5. The molecule has 2 heterocycles. The highest BCUT2D eigenvalue weighted by Crippen LogP contribution is 2.31. The van der Waals surface area contributed by atoms with Crippen molar-refractivity contribution in [3.63, 3.8) is 0 Å². The Morgan fingerprint density at radius 1 is 1.19 bits per heavy atom. The van der Waals surface area contributed by atoms with E-state index in [0.717, 1.165) is 23.4 Å². The number of hydrazone groups is 1. The van der Waals surface area contributed by atoms with E-state index in [1.807, 2.05) is 13.0 Å². The maximum Gasteiger partial charge on any atom is 0.301 e. The first-order chi connectivity index (χ1) is 14.5. The van der Waals surface area contributed by atoms with Gasteiger partial charge in [-0.1, -0.05) is 33.4 Å². The molecule has 1 N–H and O–H groups in total. The van der Waals surface area contributed by atoms with Crippen LogP contribution in [0.4, 0.5) is 13.2 Å². The summed E-state index contributed by atoms with van der Waals surface area (Å²) in [6.45, 7) is 12.6. The Hall–Kier alpha value is -3.03. The quantitative estimate of drug-likeness (QED) is 0.644. The van der Waals surface area contributed by atoms with Crippen LogP contribution in [0, 0.1) is 12.3 Å². The summed E-state index contributed by atoms with van der Waals surface area (Å²) in [5.74, 6) is -3.45. The second-order valence-electron chi connectivity index (χ2n) is 7.92. The van der Waals surface area contributed by atoms with Gasteiger partial charge in [0.05, 0.1) is 16.9 Å². The van der Waals surface area contributed by atoms with Gasteiger partial charge < -0.3 is 0 Å². The van der Waals surface area contributed by atoms with E-state index in [1.165, 1.54) is 30.9 Å². The van der Waals surface area contributed by atoms with E-state index in [0.29, 0.717) is 16.6 Å². The Labute approximate surface area is 180 Å². The van der Waals surface area contributed by atoms with Crippen molar-refractivity contribution >= 4 is 23.0 Å². The number of fused-ring (bicyclic) bond motifs is 1. The molecule has 0 saturated heterocycles. The molecule has 31 heavy (non-hydrogen) atoms. The van der Waals surface area contributed by atoms with Crippen molar-refractivity contribution in [2.75, 3.05) is 6.67 Å². The molecule has 166 valence electrons. The van der Waals surface area contributed by atoms with Crippen molar-refractivity contribution < 1.29 is 13.2 Å². The predicted molar refractivity (Wildman–Crippen MR) is 120 cm³/mol. The number of aromatic nitrogens is 2. The molecule has 5 nitrogen and oxygen atoms in total. The molecule has 0 aliphatic carbocycles. The van der Waals surface area contributed by atoms with Crippen LogP contribution in [-0.4, -0.2) is 28.7 Å². The van der Waals surface area contributed by atoms with Gasteiger partial charge in [-0.2, -0.15) is 13.9 Å². The number of nitrogens with zero attached hydrogens (tertiary/aromatic N) is 4. The summed E-state index contributed by atoms with van der Waals surface area (Å²) in [7, 11) is 0. The van der Waals surface area contributed by atoms with E-state index in [9.17, 15) is 13.2 Å². The van der Waals surface area contributed by atoms with Gasteiger partial charge in [-0.15, -0.1) is 0 Å². The average Bonchev–Trinajstić information content (AvgIpc) is 2.75. The van der Waals surface area contributed by atoms with Crippen LogP contribution < -0.4 is 5.43 Å². The zero-order valence-corrected chi connectivity index (χ0v) is 18.5. The van der Waals surface area contributed by atoms with Crippen LogP contribution in [0.2, 0.25) is 0 Å². The van der Waals surface area contributed by atoms with Gasteiger partial charge in [0, 0.05) is 16.6 Å². The molecular weight excluding hydrogens is 403 g/mol. The summed E-state index contributed by atoms with van der Waals surface area (Å²) in [6, 6.07) is 3.88. The number of benzene rings is 1. The molecule has 2 aromatic rings. The molecule has 1 aromatic heterocycles. The number of allylic oxidation sites excluding steroid dienone is 3. The fourth-order valence-electron chi connectivity index (χ4n) is 2.59. The smallest absolute Gasteiger partial charge is 0.275 e. The minimum absolute atomic E-state index is 0.121. The molecule has 0 spiro atoms. The van der Waals surface area contributed by atoms with Gasteiger partial charge in [0.1, 0.15) is 12.7 Å². The molecule has 0 bridgehead atoms. The molecule has 1 aliphatic rings. The van der Waals surface area contributed by atoms with Crippen LogP contribution in [0.3, 0.4) is 0 Å². The van der Waals surface area contributed by atoms with Crippen LogP contribution >= 0.6 is 0 Å². The van der Waals surface area contributed by atoms with Crippen molar-refractivity contribution in [2.45, 2.75) is 47.0 Å². The Balaban J connectivity index is 0.000000221. The molecule has 0 amide bonds. The summed E-state index contributed by atoms with van der Waals surface area (Å²) in [4.78, 5) is 12.0. The monoisotopic (exact) mass is 431 g/mol. The normalized spacial score (nSPS) is 15.2. The molecule has 1 aliphatic heterocycles. The number of alkyl halides is 3. The van der Waals surface area contributed by atoms with E-state index in [4.69, 9.17) is 0 Å². The number of halogens is 3. The molecule has 0 unspecified atom stereocenters. The summed E-state index contributed by atoms with van der Waals surface area (Å²) in [5.41, 5.74) is 6.86. The fourth-order valence-corrected chi connectivity index (χ4v) is 2.59. The van der Waals surface area contributed by atoms with Gasteiger partial charge in [-0.05, 0) is 49.5 Å². The van der Waals surface area contributed by atoms with Gasteiger partial charge in [0.15, 0.2) is 6.67 Å². The lowest BCUT2D eigenvalue weighted by Crippen LogP contribution is -2.19. The van der Waals surface area contributed by atoms with Crippen molar-refractivity contribution in [2.24, 2.45) is 15.5 Å². The molecule has 0 radical (unpaired) electrons. The Morgan fingerprint density at radius 3 is 2.52 bits per heavy atom. The molecule has 8 heteroatoms. The van der Waals surface area contributed by atoms with Gasteiger partial charge >= 0.3 is 5.92 Å². The maximum absolute atomic E-state index is 13.1. The third kappa shape index (κ3) is 5.99. The second-order valence-corrected chi connectivity index (χ2v) is 7.92. The highest BCUT2D eigenvalue weighted by atomic mass is 19.3. The maximum atomic E-state index is 13.1. The topological polar surface area (TPSA) is 62.5 Å². The Morgan fingerprint density at radius 2 is 1.90 bits per heavy atom. The standard InChI is InChI=1S/C12H19N3.C11H9F3N2/c1-6-12(4,5)9(2)7-11-10(3)13-8-14-15-11;1-7-9-4-8(11(13,14)5-12)2-3-10(9)16-6-15-7/h7-8,15H,2,6H2,1,3-5H3;2-4,6H,5H2,1H3/b11-7-;. The van der Waals surface area contributed by atoms with Gasteiger partial charge in [0.2, 0.25) is 0 Å². The number of nitrogens with one attached hydrogen (secondary N) is 1. The first kappa shape index (κ1) is 24.2. The lowest BCUT2D eigenvalue weighted by atomic mass is 9.82. The van der Waals surface area contributed by atoms with Gasteiger partial charge in [-0.3, -0.25) is 5.43 Å². The van der Waals surface area contributed by atoms with E-state index in [2.05, 4.69) is 52.8 Å². The number of hydrogen-bond donors (Lipinski definition) is 1. The van der Waals surface area contributed by atoms with Crippen molar-refractivity contribution in [3.8, 4) is 0 Å². The second kappa shape index (κ2) is 9.85. The minimum Gasteiger partial charge on any atom is -0.275 e. The average molecular weight is 432 g/mol. The lowest BCUT2D eigenvalue weighted by molar-refractivity contribution is -0.0279. The minimum atomic E-state index is -3.45. The predicted octanol–water partition coefficient (Wildman–Crippen LogP) is 5.87. The van der Waals surface area contributed by atoms with Crippen LogP contribution in [0.5, 0.6) is 0 Å². The fraction of sp³-hybridized carbons (Fsp3) is 0.391. The van der Waals surface area contributed by atoms with Crippen LogP contribution in [-0.2, 0) is 5.92 Å². The third-order valence-corrected chi connectivity index (χ3v) is 5.38. The van der Waals surface area contributed by atoms with Crippen LogP contribution in [0.1, 0.15) is 45.4 Å². The van der Waals surface area contributed by atoms with Crippen molar-refractivity contribution in [1.29, 1.82) is 0 Å². The van der Waals surface area contributed by atoms with E-state index in [1.54, 1.807) is 6.92 Å². The Bertz CT molecular complexity index is 1040. The summed E-state index contributed by atoms with van der Waals surface area (Å²) in [5, 5.41) is 4.42. The highest BCUT2D eigenvalue weighted by Gasteiger charge is 2.31. The highest BCUT2D eigenvalue weighted by molar-refractivity contribution is 6.03. The van der Waals surface area contributed by atoms with E-state index in [-0.39, 0.29) is 11.0 Å². The van der Waals surface area contributed by atoms with Crippen LogP contribution in [0.15, 0.2) is 58.5 Å². The van der Waals surface area contributed by atoms with Crippen LogP contribution in [0.25, 0.3) is 10.9 Å². The van der Waals surface area contributed by atoms with Gasteiger partial charge in [0.25, 0.3) is 0 Å². The zero-order chi connectivity index (χ0) is 23.2. The lowest BCUT2D eigenvalue weighted by Gasteiger charge is -2.24. The first-order valence-electron chi connectivity index (χ1n) is 9.91. The summed E-state index contributed by atoms with van der Waals surface area (Å²) < 4.78 is 38.4. The Kier molecular flexibility index (Phi) is 7.70. The number of rotatable bonds is 5. The SMILES string of the molecule is C=C(/C=C1\NN=CN=C1C)C(C)(C)CC.Cc1ncnc2ccc(C(F)(F)CF)cc12. The number of hydrogen-bond acceptors (Lipinski definition) is 5. The number of aryl methyl sites for hydroxylation is 1. The third-order valence-electron chi connectivity index (χ3n) is 5.38. The van der Waals surface area contributed by atoms with E-state index < -0.39 is 12.6 Å². The van der Waals surface area contributed by atoms with E-state index >= 15 is 0 Å². The molecular formula is C23H28F3N5. The first-order valence-corrected chi connectivity index (χ1v) is 9.91. The molecule has 3 rings (SSSR count). The molecule has 0 fully saturated rings. The summed E-state index contributed by atoms with van der Waals surface area (Å²) in [6.07, 6.45) is 5.97. The molecule has 1 aromatic carbocycles. The van der Waals surface area contributed by atoms with Crippen molar-refractivity contribution in [1.82, 2.24) is 15.4 Å². The van der Waals surface area contributed by atoms with Crippen molar-refractivity contribution in [3.05, 3.63) is 59.7 Å². The number of aliphatic imine (C=N–C) groups is 1. The molecule has 0 saturated carbocycles. The largest absolute Gasteiger partial charge is 0.301 e. The summed E-state index contributed by atoms with van der Waals surface area (Å²) >= 11 is 0.